The first-order valence-corrected chi connectivity index (χ1v) is 12.0. The maximum atomic E-state index is 13.4. The zero-order valence-corrected chi connectivity index (χ0v) is 19.4. The third-order valence-electron chi connectivity index (χ3n) is 5.92. The Morgan fingerprint density at radius 3 is 2.52 bits per heavy atom. The number of rotatable bonds is 6. The summed E-state index contributed by atoms with van der Waals surface area (Å²) >= 11 is 1.52. The molecule has 0 radical (unpaired) electrons. The monoisotopic (exact) mass is 459 g/mol. The van der Waals surface area contributed by atoms with Gasteiger partial charge >= 0.3 is 0 Å². The zero-order valence-electron chi connectivity index (χ0n) is 18.6. The van der Waals surface area contributed by atoms with Crippen molar-refractivity contribution in [1.82, 2.24) is 24.2 Å². The fourth-order valence-electron chi connectivity index (χ4n) is 4.20. The van der Waals surface area contributed by atoms with Crippen LogP contribution in [0.1, 0.15) is 31.9 Å². The molecule has 2 aromatic carbocycles. The van der Waals surface area contributed by atoms with Gasteiger partial charge < -0.3 is 4.90 Å². The average molecular weight is 460 g/mol. The van der Waals surface area contributed by atoms with Crippen molar-refractivity contribution < 1.29 is 4.79 Å². The molecule has 1 aliphatic heterocycles. The van der Waals surface area contributed by atoms with Crippen LogP contribution in [0, 0.1) is 0 Å². The summed E-state index contributed by atoms with van der Waals surface area (Å²) in [5, 5.41) is 5.51. The van der Waals surface area contributed by atoms with E-state index in [0.717, 1.165) is 11.3 Å². The molecule has 0 saturated heterocycles. The van der Waals surface area contributed by atoms with E-state index in [4.69, 9.17) is 4.98 Å². The number of fused-ring (bicyclic) bond motifs is 2. The van der Waals surface area contributed by atoms with Gasteiger partial charge in [0.25, 0.3) is 5.56 Å². The molecule has 1 aliphatic rings. The molecule has 1 atom stereocenters. The van der Waals surface area contributed by atoms with Gasteiger partial charge in [-0.25, -0.2) is 9.67 Å². The third kappa shape index (κ3) is 4.06. The Morgan fingerprint density at radius 1 is 1.12 bits per heavy atom. The molecule has 3 heterocycles. The number of hydrogen-bond donors (Lipinski definition) is 0. The molecule has 1 unspecified atom stereocenters. The normalized spacial score (nSPS) is 15.2. The highest BCUT2D eigenvalue weighted by Gasteiger charge is 2.31. The van der Waals surface area contributed by atoms with E-state index >= 15 is 0 Å². The number of nitrogens with zero attached hydrogens (tertiary/aromatic N) is 5. The van der Waals surface area contributed by atoms with Gasteiger partial charge in [0.15, 0.2) is 10.8 Å². The molecule has 0 aliphatic carbocycles. The Balaban J connectivity index is 1.43. The predicted molar refractivity (Wildman–Crippen MR) is 130 cm³/mol. The summed E-state index contributed by atoms with van der Waals surface area (Å²) < 4.78 is 3.37. The largest absolute Gasteiger partial charge is 0.336 e. The number of aromatic nitrogens is 4. The zero-order chi connectivity index (χ0) is 22.9. The molecule has 7 nitrogen and oxygen atoms in total. The maximum absolute atomic E-state index is 13.4. The Kier molecular flexibility index (Phi) is 5.76. The molecular formula is C25H25N5O2S. The number of hydrogen-bond acceptors (Lipinski definition) is 5. The molecule has 1 amide bonds. The Morgan fingerprint density at radius 2 is 1.82 bits per heavy atom. The number of carbonyl (C=O) groups is 1. The van der Waals surface area contributed by atoms with E-state index < -0.39 is 0 Å². The average Bonchev–Trinajstić information content (AvgIpc) is 3.43. The molecule has 5 rings (SSSR count). The Bertz CT molecular complexity index is 1350. The molecule has 0 N–H and O–H groups in total. The summed E-state index contributed by atoms with van der Waals surface area (Å²) in [6.45, 7) is 4.60. The van der Waals surface area contributed by atoms with E-state index in [9.17, 15) is 9.59 Å². The summed E-state index contributed by atoms with van der Waals surface area (Å²) in [5.74, 6) is 0.690. The van der Waals surface area contributed by atoms with Crippen LogP contribution in [0.4, 0.5) is 0 Å². The molecular weight excluding hydrogens is 434 g/mol. The van der Waals surface area contributed by atoms with Crippen molar-refractivity contribution in [1.29, 1.82) is 0 Å². The first kappa shape index (κ1) is 21.5. The lowest BCUT2D eigenvalue weighted by Crippen LogP contribution is -2.38. The number of benzene rings is 2. The number of amides is 1. The van der Waals surface area contributed by atoms with Gasteiger partial charge in [0.2, 0.25) is 5.91 Å². The van der Waals surface area contributed by atoms with Gasteiger partial charge in [-0.05, 0) is 31.5 Å². The van der Waals surface area contributed by atoms with Crippen LogP contribution in [-0.4, -0.2) is 41.9 Å². The second kappa shape index (κ2) is 8.86. The van der Waals surface area contributed by atoms with Gasteiger partial charge in [-0.3, -0.25) is 14.2 Å². The van der Waals surface area contributed by atoms with Crippen molar-refractivity contribution in [2.24, 2.45) is 0 Å². The van der Waals surface area contributed by atoms with Crippen molar-refractivity contribution >= 4 is 28.7 Å². The lowest BCUT2D eigenvalue weighted by molar-refractivity contribution is -0.134. The Hall–Kier alpha value is -3.39. The van der Waals surface area contributed by atoms with Crippen molar-refractivity contribution in [2.75, 3.05) is 5.75 Å². The van der Waals surface area contributed by atoms with E-state index in [2.05, 4.69) is 5.10 Å². The first-order valence-electron chi connectivity index (χ1n) is 11.0. The second-order valence-corrected chi connectivity index (χ2v) is 9.46. The molecule has 2 aromatic heterocycles. The molecule has 33 heavy (non-hydrogen) atoms. The van der Waals surface area contributed by atoms with E-state index in [0.29, 0.717) is 28.5 Å². The SMILES string of the molecule is CC(C)N(Cc1ccccc1)C(=O)CC1CSc2nc3c(cnn3-c3ccccc3)c(=O)n21. The van der Waals surface area contributed by atoms with Crippen molar-refractivity contribution in [3.8, 4) is 5.69 Å². The maximum Gasteiger partial charge on any atom is 0.265 e. The van der Waals surface area contributed by atoms with Crippen LogP contribution in [0.3, 0.4) is 0 Å². The molecule has 8 heteroatoms. The highest BCUT2D eigenvalue weighted by atomic mass is 32.2. The molecule has 0 saturated carbocycles. The fraction of sp³-hybridized carbons (Fsp3) is 0.280. The van der Waals surface area contributed by atoms with Crippen LogP contribution in [0.25, 0.3) is 16.7 Å². The van der Waals surface area contributed by atoms with Crippen LogP contribution in [0.2, 0.25) is 0 Å². The van der Waals surface area contributed by atoms with E-state index in [1.165, 1.54) is 11.8 Å². The quantitative estimate of drug-likeness (QED) is 0.407. The van der Waals surface area contributed by atoms with Crippen molar-refractivity contribution in [2.45, 2.75) is 44.1 Å². The van der Waals surface area contributed by atoms with E-state index in [-0.39, 0.29) is 30.0 Å². The smallest absolute Gasteiger partial charge is 0.265 e. The van der Waals surface area contributed by atoms with Gasteiger partial charge in [0.05, 0.1) is 17.9 Å². The van der Waals surface area contributed by atoms with Gasteiger partial charge in [-0.2, -0.15) is 5.10 Å². The van der Waals surface area contributed by atoms with Crippen molar-refractivity contribution in [3.63, 3.8) is 0 Å². The van der Waals surface area contributed by atoms with E-state index in [1.54, 1.807) is 15.4 Å². The van der Waals surface area contributed by atoms with E-state index in [1.807, 2.05) is 79.4 Å². The lowest BCUT2D eigenvalue weighted by Gasteiger charge is -2.28. The molecule has 0 spiro atoms. The standard InChI is InChI=1S/C25H25N5O2S/c1-17(2)28(15-18-9-5-3-6-10-18)22(31)13-20-16-33-25-27-23-21(24(32)29(20)25)14-26-30(23)19-11-7-4-8-12-19/h3-12,14,17,20H,13,15-16H2,1-2H3. The predicted octanol–water partition coefficient (Wildman–Crippen LogP) is 4.06. The minimum atomic E-state index is -0.223. The highest BCUT2D eigenvalue weighted by Crippen LogP contribution is 2.34. The fourth-order valence-corrected chi connectivity index (χ4v) is 5.33. The molecule has 168 valence electrons. The summed E-state index contributed by atoms with van der Waals surface area (Å²) in [7, 11) is 0. The lowest BCUT2D eigenvalue weighted by atomic mass is 10.1. The van der Waals surface area contributed by atoms with Crippen LogP contribution in [0.5, 0.6) is 0 Å². The summed E-state index contributed by atoms with van der Waals surface area (Å²) in [6.07, 6.45) is 1.84. The number of thioether (sulfide) groups is 1. The van der Waals surface area contributed by atoms with Gasteiger partial charge in [-0.15, -0.1) is 0 Å². The number of para-hydroxylation sites is 1. The van der Waals surface area contributed by atoms with Crippen LogP contribution in [0.15, 0.2) is 76.8 Å². The summed E-state index contributed by atoms with van der Waals surface area (Å²) in [6, 6.07) is 19.5. The topological polar surface area (TPSA) is 73.0 Å². The minimum Gasteiger partial charge on any atom is -0.336 e. The summed E-state index contributed by atoms with van der Waals surface area (Å²) in [5.41, 5.74) is 2.35. The van der Waals surface area contributed by atoms with Crippen LogP contribution in [-0.2, 0) is 11.3 Å². The van der Waals surface area contributed by atoms with Crippen LogP contribution < -0.4 is 5.56 Å². The summed E-state index contributed by atoms with van der Waals surface area (Å²) in [4.78, 5) is 33.3. The Labute approximate surface area is 196 Å². The number of carbonyl (C=O) groups excluding carboxylic acids is 1. The molecule has 0 fully saturated rings. The third-order valence-corrected chi connectivity index (χ3v) is 7.02. The molecule has 0 bridgehead atoms. The minimum absolute atomic E-state index is 0.0410. The highest BCUT2D eigenvalue weighted by molar-refractivity contribution is 7.99. The van der Waals surface area contributed by atoms with Gasteiger partial charge in [-0.1, -0.05) is 60.3 Å². The van der Waals surface area contributed by atoms with Crippen molar-refractivity contribution in [3.05, 3.63) is 82.8 Å². The molecule has 4 aromatic rings. The van der Waals surface area contributed by atoms with Gasteiger partial charge in [0.1, 0.15) is 5.39 Å². The van der Waals surface area contributed by atoms with Gasteiger partial charge in [0, 0.05) is 24.8 Å². The second-order valence-electron chi connectivity index (χ2n) is 8.47. The first-order chi connectivity index (χ1) is 16.0. The van der Waals surface area contributed by atoms with Crippen LogP contribution >= 0.6 is 11.8 Å².